The fraction of sp³-hybridized carbons (Fsp3) is 0.250. The van der Waals surface area contributed by atoms with Crippen molar-refractivity contribution in [3.63, 3.8) is 0 Å². The van der Waals surface area contributed by atoms with Crippen molar-refractivity contribution in [2.45, 2.75) is 19.5 Å². The number of benzene rings is 1. The molecule has 0 saturated carbocycles. The second-order valence-corrected chi connectivity index (χ2v) is 4.53. The van der Waals surface area contributed by atoms with Gasteiger partial charge in [0.25, 0.3) is 0 Å². The van der Waals surface area contributed by atoms with Gasteiger partial charge in [0.1, 0.15) is 6.54 Å². The lowest BCUT2D eigenvalue weighted by atomic mass is 10.2. The second kappa shape index (κ2) is 6.08. The normalized spacial score (nSPS) is 10.7. The predicted molar refractivity (Wildman–Crippen MR) is 74.0 cm³/mol. The third kappa shape index (κ3) is 3.29. The topological polar surface area (TPSA) is 130 Å². The van der Waals surface area contributed by atoms with Crippen LogP contribution in [0.5, 0.6) is 0 Å². The summed E-state index contributed by atoms with van der Waals surface area (Å²) in [5.74, 6) is 0.528. The van der Waals surface area contributed by atoms with Crippen LogP contribution in [0.15, 0.2) is 30.3 Å². The van der Waals surface area contributed by atoms with Crippen LogP contribution in [0.1, 0.15) is 5.82 Å². The van der Waals surface area contributed by atoms with E-state index in [1.165, 1.54) is 4.80 Å². The smallest absolute Gasteiger partial charge is 0.241 e. The molecule has 22 heavy (non-hydrogen) atoms. The highest BCUT2D eigenvalue weighted by atomic mass is 16.1. The molecule has 0 aliphatic rings. The third-order valence-corrected chi connectivity index (χ3v) is 2.81. The second-order valence-electron chi connectivity index (χ2n) is 4.53. The van der Waals surface area contributed by atoms with Crippen LogP contribution in [0.25, 0.3) is 11.4 Å². The number of carbonyl (C=O) groups is 1. The van der Waals surface area contributed by atoms with Crippen molar-refractivity contribution in [3.8, 4) is 11.4 Å². The molecule has 0 atom stereocenters. The predicted octanol–water partition coefficient (Wildman–Crippen LogP) is -0.945. The van der Waals surface area contributed by atoms with Crippen LogP contribution < -0.4 is 5.73 Å². The maximum absolute atomic E-state index is 10.8. The lowest BCUT2D eigenvalue weighted by molar-refractivity contribution is -0.118. The van der Waals surface area contributed by atoms with E-state index in [2.05, 4.69) is 30.8 Å². The van der Waals surface area contributed by atoms with Gasteiger partial charge in [-0.1, -0.05) is 30.3 Å². The molecule has 2 N–H and O–H groups in total. The number of nitrogens with two attached hydrogens (primary N) is 1. The van der Waals surface area contributed by atoms with Gasteiger partial charge < -0.3 is 5.73 Å². The Labute approximate surface area is 124 Å². The Morgan fingerprint density at radius 3 is 2.59 bits per heavy atom. The number of aromatic nitrogens is 8. The molecule has 0 saturated heterocycles. The average molecular weight is 299 g/mol. The van der Waals surface area contributed by atoms with Crippen molar-refractivity contribution in [2.75, 3.05) is 0 Å². The van der Waals surface area contributed by atoms with E-state index in [0.717, 1.165) is 10.4 Å². The van der Waals surface area contributed by atoms with Gasteiger partial charge >= 0.3 is 0 Å². The van der Waals surface area contributed by atoms with Crippen molar-refractivity contribution < 1.29 is 4.79 Å². The number of hydrogen-bond donors (Lipinski definition) is 1. The summed E-state index contributed by atoms with van der Waals surface area (Å²) in [6, 6.07) is 9.58. The lowest BCUT2D eigenvalue weighted by Crippen LogP contribution is -2.20. The molecule has 2 aromatic heterocycles. The fourth-order valence-electron chi connectivity index (χ4n) is 1.82. The van der Waals surface area contributed by atoms with Crippen molar-refractivity contribution in [1.82, 2.24) is 40.4 Å². The molecule has 3 aromatic rings. The molecule has 10 heteroatoms. The summed E-state index contributed by atoms with van der Waals surface area (Å²) < 4.78 is 0. The summed E-state index contributed by atoms with van der Waals surface area (Å²) in [6.07, 6.45) is 0.476. The monoisotopic (exact) mass is 299 g/mol. The van der Waals surface area contributed by atoms with E-state index in [0.29, 0.717) is 24.6 Å². The average Bonchev–Trinajstić information content (AvgIpc) is 3.15. The molecule has 1 aromatic carbocycles. The van der Waals surface area contributed by atoms with Crippen molar-refractivity contribution in [2.24, 2.45) is 5.73 Å². The quantitative estimate of drug-likeness (QED) is 0.621. The van der Waals surface area contributed by atoms with Gasteiger partial charge in [-0.25, -0.2) is 0 Å². The number of amides is 1. The molecule has 10 nitrogen and oxygen atoms in total. The van der Waals surface area contributed by atoms with E-state index in [4.69, 9.17) is 5.73 Å². The molecule has 0 aliphatic heterocycles. The minimum absolute atomic E-state index is 0.0905. The summed E-state index contributed by atoms with van der Waals surface area (Å²) in [4.78, 5) is 13.4. The number of aryl methyl sites for hydroxylation is 2. The summed E-state index contributed by atoms with van der Waals surface area (Å²) in [5.41, 5.74) is 5.96. The number of hydrogen-bond acceptors (Lipinski definition) is 7. The van der Waals surface area contributed by atoms with Gasteiger partial charge in [0.15, 0.2) is 5.82 Å². The van der Waals surface area contributed by atoms with Gasteiger partial charge in [-0.3, -0.25) is 4.79 Å². The number of rotatable bonds is 6. The summed E-state index contributed by atoms with van der Waals surface area (Å²) in [7, 11) is 0. The van der Waals surface area contributed by atoms with Crippen molar-refractivity contribution >= 4 is 5.91 Å². The Kier molecular flexibility index (Phi) is 3.81. The SMILES string of the molecule is NC(=O)Cn1nnc(CCn2nnc(-c3ccccc3)n2)n1. The first-order valence-corrected chi connectivity index (χ1v) is 6.59. The molecule has 112 valence electrons. The van der Waals surface area contributed by atoms with Crippen LogP contribution >= 0.6 is 0 Å². The van der Waals surface area contributed by atoms with E-state index in [9.17, 15) is 4.79 Å². The maximum Gasteiger partial charge on any atom is 0.241 e. The minimum atomic E-state index is -0.519. The first-order chi connectivity index (χ1) is 10.7. The van der Waals surface area contributed by atoms with E-state index in [-0.39, 0.29) is 6.54 Å². The maximum atomic E-state index is 10.8. The molecule has 1 amide bonds. The van der Waals surface area contributed by atoms with Crippen LogP contribution in [-0.2, 0) is 24.3 Å². The highest BCUT2D eigenvalue weighted by Gasteiger charge is 2.08. The van der Waals surface area contributed by atoms with Gasteiger partial charge in [-0.2, -0.15) is 9.59 Å². The van der Waals surface area contributed by atoms with Crippen molar-refractivity contribution in [3.05, 3.63) is 36.2 Å². The largest absolute Gasteiger partial charge is 0.368 e. The van der Waals surface area contributed by atoms with E-state index in [1.54, 1.807) is 0 Å². The number of primary amides is 1. The summed E-state index contributed by atoms with van der Waals surface area (Å²) in [5, 5.41) is 23.9. The Morgan fingerprint density at radius 2 is 1.82 bits per heavy atom. The molecule has 0 aliphatic carbocycles. The molecular formula is C12H13N9O. The summed E-state index contributed by atoms with van der Waals surface area (Å²) in [6.45, 7) is 0.370. The molecule has 3 rings (SSSR count). The molecule has 2 heterocycles. The van der Waals surface area contributed by atoms with Crippen LogP contribution in [-0.4, -0.2) is 46.3 Å². The van der Waals surface area contributed by atoms with Crippen molar-refractivity contribution in [1.29, 1.82) is 0 Å². The first kappa shape index (κ1) is 13.8. The van der Waals surface area contributed by atoms with Gasteiger partial charge in [0.05, 0.1) is 6.54 Å². The number of nitrogens with zero attached hydrogens (tertiary/aromatic N) is 8. The number of tetrazole rings is 2. The van der Waals surface area contributed by atoms with Crippen LogP contribution in [0.4, 0.5) is 0 Å². The van der Waals surface area contributed by atoms with Crippen LogP contribution in [0.2, 0.25) is 0 Å². The molecular weight excluding hydrogens is 286 g/mol. The first-order valence-electron chi connectivity index (χ1n) is 6.59. The minimum Gasteiger partial charge on any atom is -0.368 e. The molecule has 0 unspecified atom stereocenters. The third-order valence-electron chi connectivity index (χ3n) is 2.81. The molecule has 0 bridgehead atoms. The highest BCUT2D eigenvalue weighted by Crippen LogP contribution is 2.11. The van der Waals surface area contributed by atoms with Gasteiger partial charge in [-0.15, -0.1) is 20.4 Å². The zero-order valence-corrected chi connectivity index (χ0v) is 11.6. The Morgan fingerprint density at radius 1 is 1.05 bits per heavy atom. The zero-order valence-electron chi connectivity index (χ0n) is 11.6. The molecule has 0 spiro atoms. The van der Waals surface area contributed by atoms with E-state index >= 15 is 0 Å². The van der Waals surface area contributed by atoms with Gasteiger partial charge in [0.2, 0.25) is 11.7 Å². The molecule has 0 fully saturated rings. The molecule has 0 radical (unpaired) electrons. The standard InChI is InChI=1S/C12H13N9O/c13-10(22)8-21-16-11(14-18-21)6-7-20-17-12(15-19-20)9-4-2-1-3-5-9/h1-5H,6-8H2,(H2,13,22). The summed E-state index contributed by atoms with van der Waals surface area (Å²) >= 11 is 0. The number of carbonyl (C=O) groups excluding carboxylic acids is 1. The van der Waals surface area contributed by atoms with Gasteiger partial charge in [-0.05, 0) is 10.4 Å². The Bertz CT molecular complexity index is 764. The fourth-order valence-corrected chi connectivity index (χ4v) is 1.82. The van der Waals surface area contributed by atoms with Gasteiger partial charge in [0, 0.05) is 12.0 Å². The van der Waals surface area contributed by atoms with E-state index < -0.39 is 5.91 Å². The zero-order chi connectivity index (χ0) is 15.4. The van der Waals surface area contributed by atoms with Crippen LogP contribution in [0, 0.1) is 0 Å². The Balaban J connectivity index is 1.61. The highest BCUT2D eigenvalue weighted by molar-refractivity contribution is 5.73. The van der Waals surface area contributed by atoms with E-state index in [1.807, 2.05) is 30.3 Å². The lowest BCUT2D eigenvalue weighted by Gasteiger charge is -1.95. The Hall–Kier alpha value is -3.17. The van der Waals surface area contributed by atoms with Crippen LogP contribution in [0.3, 0.4) is 0 Å².